The van der Waals surface area contributed by atoms with Crippen molar-refractivity contribution in [3.8, 4) is 0 Å². The fraction of sp³-hybridized carbons (Fsp3) is 0.400. The number of aryl methyl sites for hydroxylation is 2. The predicted molar refractivity (Wildman–Crippen MR) is 86.4 cm³/mol. The lowest BCUT2D eigenvalue weighted by Crippen LogP contribution is -2.15. The van der Waals surface area contributed by atoms with Gasteiger partial charge in [-0.3, -0.25) is 14.2 Å². The second-order valence-corrected chi connectivity index (χ2v) is 4.95. The molecule has 1 amide bonds. The Morgan fingerprint density at radius 1 is 1.20 bits per heavy atom. The fourth-order valence-corrected chi connectivity index (χ4v) is 2.08. The number of rotatable bonds is 6. The largest absolute Gasteiger partial charge is 0.464 e. The second kappa shape index (κ2) is 7.60. The maximum absolute atomic E-state index is 12.4. The van der Waals surface area contributed by atoms with Gasteiger partial charge in [0.1, 0.15) is 5.69 Å². The van der Waals surface area contributed by atoms with Gasteiger partial charge in [-0.05, 0) is 13.8 Å². The number of carbonyl (C=O) groups excluding carboxylic acids is 3. The zero-order valence-electron chi connectivity index (χ0n) is 14.4. The second-order valence-electron chi connectivity index (χ2n) is 4.95. The van der Waals surface area contributed by atoms with Crippen LogP contribution in [0.1, 0.15) is 45.3 Å². The quantitative estimate of drug-likeness (QED) is 0.768. The molecule has 0 aromatic carbocycles. The first-order chi connectivity index (χ1) is 11.9. The highest BCUT2D eigenvalue weighted by Gasteiger charge is 2.22. The first-order valence-electron chi connectivity index (χ1n) is 7.59. The first-order valence-corrected chi connectivity index (χ1v) is 7.59. The van der Waals surface area contributed by atoms with Crippen LogP contribution in [-0.4, -0.2) is 51.1 Å². The molecule has 10 heteroatoms. The number of esters is 2. The van der Waals surface area contributed by atoms with E-state index in [1.54, 1.807) is 6.92 Å². The third-order valence-corrected chi connectivity index (χ3v) is 3.31. The van der Waals surface area contributed by atoms with Crippen molar-refractivity contribution in [2.24, 2.45) is 7.05 Å². The highest BCUT2D eigenvalue weighted by molar-refractivity contribution is 6.07. The molecule has 134 valence electrons. The van der Waals surface area contributed by atoms with Crippen LogP contribution in [0.3, 0.4) is 0 Å². The number of anilines is 1. The van der Waals surface area contributed by atoms with Crippen molar-refractivity contribution < 1.29 is 23.9 Å². The summed E-state index contributed by atoms with van der Waals surface area (Å²) >= 11 is 0. The molecule has 0 unspecified atom stereocenters. The number of amides is 1. The number of hydrogen-bond donors (Lipinski definition) is 1. The maximum Gasteiger partial charge on any atom is 0.360 e. The van der Waals surface area contributed by atoms with Crippen molar-refractivity contribution in [3.05, 3.63) is 29.3 Å². The molecule has 0 aliphatic carbocycles. The van der Waals surface area contributed by atoms with Crippen LogP contribution in [0.15, 0.2) is 12.3 Å². The molecule has 2 rings (SSSR count). The summed E-state index contributed by atoms with van der Waals surface area (Å²) in [6.45, 7) is 4.24. The summed E-state index contributed by atoms with van der Waals surface area (Å²) in [5.74, 6) is -1.84. The van der Waals surface area contributed by atoms with Crippen molar-refractivity contribution in [1.29, 1.82) is 0 Å². The van der Waals surface area contributed by atoms with Gasteiger partial charge < -0.3 is 14.8 Å². The van der Waals surface area contributed by atoms with Gasteiger partial charge in [0.2, 0.25) is 0 Å². The lowest BCUT2D eigenvalue weighted by molar-refractivity contribution is 0.0512. The van der Waals surface area contributed by atoms with E-state index in [0.717, 1.165) is 0 Å². The summed E-state index contributed by atoms with van der Waals surface area (Å²) in [6.07, 6.45) is 1.51. The van der Waals surface area contributed by atoms with E-state index in [-0.39, 0.29) is 29.4 Å². The highest BCUT2D eigenvalue weighted by atomic mass is 16.5. The number of nitrogens with zero attached hydrogens (tertiary/aromatic N) is 4. The van der Waals surface area contributed by atoms with Gasteiger partial charge >= 0.3 is 11.9 Å². The Morgan fingerprint density at radius 2 is 1.92 bits per heavy atom. The average Bonchev–Trinajstić information content (AvgIpc) is 3.18. The normalized spacial score (nSPS) is 10.4. The van der Waals surface area contributed by atoms with E-state index >= 15 is 0 Å². The van der Waals surface area contributed by atoms with E-state index in [4.69, 9.17) is 4.74 Å². The van der Waals surface area contributed by atoms with Crippen LogP contribution in [0.4, 0.5) is 5.69 Å². The summed E-state index contributed by atoms with van der Waals surface area (Å²) in [6, 6.07) is 1.31. The minimum atomic E-state index is -0.671. The molecular weight excluding hydrogens is 330 g/mol. The highest BCUT2D eigenvalue weighted by Crippen LogP contribution is 2.16. The zero-order valence-corrected chi connectivity index (χ0v) is 14.4. The van der Waals surface area contributed by atoms with E-state index in [2.05, 4.69) is 20.3 Å². The molecule has 0 fully saturated rings. The molecule has 0 saturated carbocycles. The van der Waals surface area contributed by atoms with E-state index in [1.165, 1.54) is 35.8 Å². The van der Waals surface area contributed by atoms with Gasteiger partial charge in [-0.2, -0.15) is 10.2 Å². The minimum absolute atomic E-state index is 0.00520. The number of hydrogen-bond acceptors (Lipinski definition) is 7. The monoisotopic (exact) mass is 349 g/mol. The fourth-order valence-electron chi connectivity index (χ4n) is 2.08. The van der Waals surface area contributed by atoms with E-state index in [1.807, 2.05) is 6.92 Å². The van der Waals surface area contributed by atoms with Crippen molar-refractivity contribution in [1.82, 2.24) is 19.6 Å². The smallest absolute Gasteiger partial charge is 0.360 e. The molecule has 10 nitrogen and oxygen atoms in total. The topological polar surface area (TPSA) is 117 Å². The Kier molecular flexibility index (Phi) is 5.52. The van der Waals surface area contributed by atoms with Crippen LogP contribution < -0.4 is 5.32 Å². The van der Waals surface area contributed by atoms with Gasteiger partial charge in [-0.1, -0.05) is 0 Å². The molecule has 2 heterocycles. The van der Waals surface area contributed by atoms with Crippen LogP contribution in [-0.2, 0) is 23.1 Å². The van der Waals surface area contributed by atoms with Crippen LogP contribution in [0.25, 0.3) is 0 Å². The third kappa shape index (κ3) is 3.84. The Balaban J connectivity index is 2.26. The SMILES string of the molecule is CCOC(=O)c1cc(C(=O)Nc2cn(CC)nc2C(=O)OC)nn1C. The van der Waals surface area contributed by atoms with Crippen LogP contribution in [0, 0.1) is 0 Å². The molecule has 0 aliphatic heterocycles. The number of methoxy groups -OCH3 is 1. The number of carbonyl (C=O) groups is 3. The molecule has 0 aliphatic rings. The number of aromatic nitrogens is 4. The van der Waals surface area contributed by atoms with Crippen molar-refractivity contribution in [2.75, 3.05) is 19.0 Å². The number of nitrogens with one attached hydrogen (secondary N) is 1. The molecule has 2 aromatic rings. The summed E-state index contributed by atoms with van der Waals surface area (Å²) in [4.78, 5) is 36.0. The Hall–Kier alpha value is -3.17. The van der Waals surface area contributed by atoms with Gasteiger partial charge in [-0.15, -0.1) is 0 Å². The molecule has 0 spiro atoms. The van der Waals surface area contributed by atoms with Gasteiger partial charge in [0.25, 0.3) is 5.91 Å². The van der Waals surface area contributed by atoms with Crippen molar-refractivity contribution in [3.63, 3.8) is 0 Å². The van der Waals surface area contributed by atoms with Crippen LogP contribution in [0.5, 0.6) is 0 Å². The average molecular weight is 349 g/mol. The zero-order chi connectivity index (χ0) is 18.6. The van der Waals surface area contributed by atoms with Crippen molar-refractivity contribution >= 4 is 23.5 Å². The van der Waals surface area contributed by atoms with Gasteiger partial charge in [0.15, 0.2) is 11.4 Å². The molecule has 0 radical (unpaired) electrons. The molecule has 1 N–H and O–H groups in total. The van der Waals surface area contributed by atoms with E-state index in [0.29, 0.717) is 6.54 Å². The third-order valence-electron chi connectivity index (χ3n) is 3.31. The number of ether oxygens (including phenoxy) is 2. The minimum Gasteiger partial charge on any atom is -0.464 e. The summed E-state index contributed by atoms with van der Waals surface area (Å²) in [5.41, 5.74) is 0.330. The summed E-state index contributed by atoms with van der Waals surface area (Å²) < 4.78 is 12.3. The molecule has 0 bridgehead atoms. The molecule has 0 saturated heterocycles. The Morgan fingerprint density at radius 3 is 2.52 bits per heavy atom. The lowest BCUT2D eigenvalue weighted by Gasteiger charge is -2.01. The molecule has 25 heavy (non-hydrogen) atoms. The van der Waals surface area contributed by atoms with Crippen LogP contribution >= 0.6 is 0 Å². The van der Waals surface area contributed by atoms with E-state index < -0.39 is 17.8 Å². The molecular formula is C15H19N5O5. The lowest BCUT2D eigenvalue weighted by atomic mass is 10.3. The summed E-state index contributed by atoms with van der Waals surface area (Å²) in [7, 11) is 2.75. The first kappa shape index (κ1) is 18.2. The standard InChI is InChI=1S/C15H19N5O5/c1-5-20-8-10(12(18-20)15(23)24-4)16-13(21)9-7-11(19(3)17-9)14(22)25-6-2/h7-8H,5-6H2,1-4H3,(H,16,21). The Labute approximate surface area is 143 Å². The van der Waals surface area contributed by atoms with E-state index in [9.17, 15) is 14.4 Å². The van der Waals surface area contributed by atoms with Gasteiger partial charge in [0, 0.05) is 25.9 Å². The maximum atomic E-state index is 12.4. The molecule has 2 aromatic heterocycles. The van der Waals surface area contributed by atoms with Crippen molar-refractivity contribution in [2.45, 2.75) is 20.4 Å². The predicted octanol–water partition coefficient (Wildman–Crippen LogP) is 0.852. The summed E-state index contributed by atoms with van der Waals surface area (Å²) in [5, 5.41) is 10.6. The Bertz CT molecular complexity index is 807. The van der Waals surface area contributed by atoms with Gasteiger partial charge in [-0.25, -0.2) is 9.59 Å². The molecule has 0 atom stereocenters. The van der Waals surface area contributed by atoms with Gasteiger partial charge in [0.05, 0.1) is 19.4 Å². The van der Waals surface area contributed by atoms with Crippen LogP contribution in [0.2, 0.25) is 0 Å².